The van der Waals surface area contributed by atoms with Crippen LogP contribution in [0, 0.1) is 0 Å². The molecule has 0 N–H and O–H groups in total. The van der Waals surface area contributed by atoms with Gasteiger partial charge in [0.1, 0.15) is 5.58 Å². The van der Waals surface area contributed by atoms with Crippen molar-refractivity contribution in [2.24, 2.45) is 0 Å². The molecule has 128 valence electrons. The van der Waals surface area contributed by atoms with Crippen molar-refractivity contribution in [3.05, 3.63) is 94.6 Å². The SMILES string of the molecule is O=c1cc(N2Cc3ccccc3C(n3cccn3)C2)c2ccccc2o1. The average Bonchev–Trinajstić information content (AvgIpc) is 3.21. The summed E-state index contributed by atoms with van der Waals surface area (Å²) in [4.78, 5) is 14.3. The highest BCUT2D eigenvalue weighted by Crippen LogP contribution is 2.34. The summed E-state index contributed by atoms with van der Waals surface area (Å²) >= 11 is 0. The lowest BCUT2D eigenvalue weighted by atomic mass is 9.95. The van der Waals surface area contributed by atoms with Gasteiger partial charge in [0.05, 0.1) is 11.7 Å². The smallest absolute Gasteiger partial charge is 0.338 e. The van der Waals surface area contributed by atoms with Crippen LogP contribution >= 0.6 is 0 Å². The first-order chi connectivity index (χ1) is 12.8. The maximum atomic E-state index is 12.1. The number of hydrogen-bond acceptors (Lipinski definition) is 4. The average molecular weight is 343 g/mol. The van der Waals surface area contributed by atoms with Crippen molar-refractivity contribution < 1.29 is 4.42 Å². The van der Waals surface area contributed by atoms with Gasteiger partial charge in [0.15, 0.2) is 0 Å². The summed E-state index contributed by atoms with van der Waals surface area (Å²) in [7, 11) is 0. The van der Waals surface area contributed by atoms with Crippen LogP contribution in [0.2, 0.25) is 0 Å². The first kappa shape index (κ1) is 15.0. The summed E-state index contributed by atoms with van der Waals surface area (Å²) in [5.74, 6) is 0. The molecule has 1 atom stereocenters. The van der Waals surface area contributed by atoms with E-state index in [1.807, 2.05) is 41.2 Å². The zero-order valence-corrected chi connectivity index (χ0v) is 14.1. The van der Waals surface area contributed by atoms with Crippen molar-refractivity contribution >= 4 is 16.7 Å². The molecular weight excluding hydrogens is 326 g/mol. The normalized spacial score (nSPS) is 16.6. The van der Waals surface area contributed by atoms with Crippen LogP contribution in [-0.4, -0.2) is 16.3 Å². The van der Waals surface area contributed by atoms with Crippen molar-refractivity contribution in [3.63, 3.8) is 0 Å². The number of benzene rings is 2. The number of para-hydroxylation sites is 1. The van der Waals surface area contributed by atoms with Crippen LogP contribution in [0.1, 0.15) is 17.2 Å². The van der Waals surface area contributed by atoms with Crippen LogP contribution in [0.3, 0.4) is 0 Å². The largest absolute Gasteiger partial charge is 0.423 e. The molecule has 0 bridgehead atoms. The van der Waals surface area contributed by atoms with Crippen LogP contribution < -0.4 is 10.5 Å². The molecule has 5 nitrogen and oxygen atoms in total. The second kappa shape index (κ2) is 5.88. The quantitative estimate of drug-likeness (QED) is 0.522. The van der Waals surface area contributed by atoms with Gasteiger partial charge in [-0.25, -0.2) is 4.79 Å². The van der Waals surface area contributed by atoms with Crippen molar-refractivity contribution in [1.82, 2.24) is 9.78 Å². The summed E-state index contributed by atoms with van der Waals surface area (Å²) in [6, 6.07) is 19.7. The van der Waals surface area contributed by atoms with Crippen molar-refractivity contribution in [1.29, 1.82) is 0 Å². The van der Waals surface area contributed by atoms with E-state index in [-0.39, 0.29) is 11.7 Å². The van der Waals surface area contributed by atoms with E-state index in [0.29, 0.717) is 5.58 Å². The Bertz CT molecular complexity index is 1130. The lowest BCUT2D eigenvalue weighted by Gasteiger charge is -2.36. The third-order valence-corrected chi connectivity index (χ3v) is 4.98. The highest BCUT2D eigenvalue weighted by Gasteiger charge is 2.28. The fourth-order valence-corrected chi connectivity index (χ4v) is 3.81. The molecule has 0 saturated carbocycles. The van der Waals surface area contributed by atoms with E-state index in [4.69, 9.17) is 4.42 Å². The Kier molecular flexibility index (Phi) is 3.38. The van der Waals surface area contributed by atoms with E-state index in [1.54, 1.807) is 12.3 Å². The number of hydrogen-bond donors (Lipinski definition) is 0. The van der Waals surface area contributed by atoms with Crippen LogP contribution in [0.25, 0.3) is 11.0 Å². The van der Waals surface area contributed by atoms with Gasteiger partial charge in [0, 0.05) is 36.9 Å². The van der Waals surface area contributed by atoms with Gasteiger partial charge in [-0.2, -0.15) is 5.10 Å². The summed E-state index contributed by atoms with van der Waals surface area (Å²) in [5, 5.41) is 5.41. The molecule has 2 aromatic carbocycles. The molecule has 1 unspecified atom stereocenters. The number of fused-ring (bicyclic) bond motifs is 2. The van der Waals surface area contributed by atoms with Crippen molar-refractivity contribution in [2.75, 3.05) is 11.4 Å². The molecule has 26 heavy (non-hydrogen) atoms. The molecule has 4 aromatic rings. The summed E-state index contributed by atoms with van der Waals surface area (Å²) in [6.07, 6.45) is 3.79. The fourth-order valence-electron chi connectivity index (χ4n) is 3.81. The molecule has 0 saturated heterocycles. The fraction of sp³-hybridized carbons (Fsp3) is 0.143. The first-order valence-electron chi connectivity index (χ1n) is 8.64. The lowest BCUT2D eigenvalue weighted by molar-refractivity contribution is 0.486. The molecule has 1 aliphatic heterocycles. The minimum absolute atomic E-state index is 0.0981. The Morgan fingerprint density at radius 2 is 1.88 bits per heavy atom. The highest BCUT2D eigenvalue weighted by atomic mass is 16.4. The monoisotopic (exact) mass is 343 g/mol. The predicted octanol–water partition coefficient (Wildman–Crippen LogP) is 3.60. The Labute approximate surface area is 150 Å². The molecule has 5 heteroatoms. The van der Waals surface area contributed by atoms with Crippen molar-refractivity contribution in [2.45, 2.75) is 12.6 Å². The van der Waals surface area contributed by atoms with Crippen LogP contribution in [0.4, 0.5) is 5.69 Å². The third-order valence-electron chi connectivity index (χ3n) is 4.98. The van der Waals surface area contributed by atoms with E-state index in [1.165, 1.54) is 11.1 Å². The zero-order chi connectivity index (χ0) is 17.5. The summed E-state index contributed by atoms with van der Waals surface area (Å²) in [5.41, 5.74) is 3.72. The van der Waals surface area contributed by atoms with Gasteiger partial charge < -0.3 is 9.32 Å². The van der Waals surface area contributed by atoms with Gasteiger partial charge in [-0.1, -0.05) is 36.4 Å². The maximum absolute atomic E-state index is 12.1. The topological polar surface area (TPSA) is 51.3 Å². The maximum Gasteiger partial charge on any atom is 0.338 e. The number of anilines is 1. The Morgan fingerprint density at radius 3 is 2.77 bits per heavy atom. The molecule has 0 fully saturated rings. The summed E-state index contributed by atoms with van der Waals surface area (Å²) in [6.45, 7) is 1.49. The Hall–Kier alpha value is -3.34. The van der Waals surface area contributed by atoms with Gasteiger partial charge in [-0.05, 0) is 29.3 Å². The molecule has 0 amide bonds. The van der Waals surface area contributed by atoms with E-state index in [2.05, 4.69) is 34.3 Å². The summed E-state index contributed by atoms with van der Waals surface area (Å²) < 4.78 is 7.35. The van der Waals surface area contributed by atoms with Crippen LogP contribution in [0.5, 0.6) is 0 Å². The van der Waals surface area contributed by atoms with Gasteiger partial charge in [-0.15, -0.1) is 0 Å². The molecule has 1 aliphatic rings. The van der Waals surface area contributed by atoms with Crippen LogP contribution in [0.15, 0.2) is 82.3 Å². The number of rotatable bonds is 2. The van der Waals surface area contributed by atoms with Gasteiger partial charge in [0.2, 0.25) is 0 Å². The zero-order valence-electron chi connectivity index (χ0n) is 14.1. The molecule has 3 heterocycles. The van der Waals surface area contributed by atoms with E-state index in [0.717, 1.165) is 24.2 Å². The second-order valence-electron chi connectivity index (χ2n) is 6.53. The predicted molar refractivity (Wildman–Crippen MR) is 100 cm³/mol. The molecule has 0 aliphatic carbocycles. The van der Waals surface area contributed by atoms with Gasteiger partial charge in [0.25, 0.3) is 0 Å². The number of nitrogens with zero attached hydrogens (tertiary/aromatic N) is 3. The standard InChI is InChI=1S/C21H17N3O2/c25-21-12-18(17-8-3-4-9-20(17)26-21)23-13-15-6-1-2-7-16(15)19(14-23)24-11-5-10-22-24/h1-12,19H,13-14H2. The van der Waals surface area contributed by atoms with E-state index in [9.17, 15) is 4.79 Å². The van der Waals surface area contributed by atoms with Gasteiger partial charge in [-0.3, -0.25) is 4.68 Å². The number of aromatic nitrogens is 2. The highest BCUT2D eigenvalue weighted by molar-refractivity contribution is 5.90. The molecule has 0 radical (unpaired) electrons. The van der Waals surface area contributed by atoms with Gasteiger partial charge >= 0.3 is 5.63 Å². The Balaban J connectivity index is 1.67. The molecule has 0 spiro atoms. The molecular formula is C21H17N3O2. The molecule has 2 aromatic heterocycles. The Morgan fingerprint density at radius 1 is 1.04 bits per heavy atom. The minimum atomic E-state index is -0.326. The minimum Gasteiger partial charge on any atom is -0.423 e. The van der Waals surface area contributed by atoms with Crippen LogP contribution in [-0.2, 0) is 6.54 Å². The van der Waals surface area contributed by atoms with E-state index >= 15 is 0 Å². The van der Waals surface area contributed by atoms with E-state index < -0.39 is 0 Å². The molecule has 5 rings (SSSR count). The second-order valence-corrected chi connectivity index (χ2v) is 6.53. The first-order valence-corrected chi connectivity index (χ1v) is 8.64. The lowest BCUT2D eigenvalue weighted by Crippen LogP contribution is -2.37. The van der Waals surface area contributed by atoms with Crippen molar-refractivity contribution in [3.8, 4) is 0 Å². The third kappa shape index (κ3) is 2.40.